The normalized spacial score (nSPS) is 15.9. The van der Waals surface area contributed by atoms with Gasteiger partial charge in [0.2, 0.25) is 11.8 Å². The van der Waals surface area contributed by atoms with Gasteiger partial charge in [0.1, 0.15) is 5.76 Å². The third kappa shape index (κ3) is 3.33. The molecule has 2 heterocycles. The Morgan fingerprint density at radius 1 is 1.62 bits per heavy atom. The molecule has 0 saturated heterocycles. The number of oxazole rings is 1. The maximum absolute atomic E-state index is 12.1. The Balaban J connectivity index is 1.65. The summed E-state index contributed by atoms with van der Waals surface area (Å²) in [4.78, 5) is 16.5. The zero-order valence-corrected chi connectivity index (χ0v) is 12.8. The van der Waals surface area contributed by atoms with Crippen LogP contribution < -0.4 is 11.1 Å². The van der Waals surface area contributed by atoms with E-state index in [4.69, 9.17) is 10.2 Å². The molecule has 3 N–H and O–H groups in total. The molecule has 3 rings (SSSR count). The Hall–Kier alpha value is -1.66. The first-order valence-electron chi connectivity index (χ1n) is 7.15. The fourth-order valence-electron chi connectivity index (χ4n) is 2.38. The molecule has 112 valence electrons. The number of hydrogen-bond acceptors (Lipinski definition) is 5. The molecule has 0 spiro atoms. The number of carbonyl (C=O) groups is 1. The Bertz CT molecular complexity index is 617. The number of aromatic nitrogens is 1. The number of nitrogens with two attached hydrogens (primary N) is 1. The third-order valence-electron chi connectivity index (χ3n) is 3.78. The van der Waals surface area contributed by atoms with E-state index in [0.717, 1.165) is 18.4 Å². The number of carbonyl (C=O) groups excluding carboxylic acids is 1. The zero-order valence-electron chi connectivity index (χ0n) is 12.0. The maximum Gasteiger partial charge on any atom is 0.227 e. The van der Waals surface area contributed by atoms with Gasteiger partial charge in [-0.3, -0.25) is 4.79 Å². The van der Waals surface area contributed by atoms with Crippen LogP contribution in [0.4, 0.5) is 0 Å². The summed E-state index contributed by atoms with van der Waals surface area (Å²) in [7, 11) is 0. The Kier molecular flexibility index (Phi) is 4.07. The van der Waals surface area contributed by atoms with E-state index in [1.807, 2.05) is 23.8 Å². The van der Waals surface area contributed by atoms with Gasteiger partial charge < -0.3 is 15.5 Å². The van der Waals surface area contributed by atoms with Gasteiger partial charge in [0.25, 0.3) is 0 Å². The van der Waals surface area contributed by atoms with E-state index in [1.54, 1.807) is 11.3 Å². The van der Waals surface area contributed by atoms with Crippen molar-refractivity contribution in [3.63, 3.8) is 0 Å². The summed E-state index contributed by atoms with van der Waals surface area (Å²) in [5.41, 5.74) is 7.35. The number of nitrogens with zero attached hydrogens (tertiary/aromatic N) is 1. The lowest BCUT2D eigenvalue weighted by Crippen LogP contribution is -2.42. The first-order valence-corrected chi connectivity index (χ1v) is 8.10. The lowest BCUT2D eigenvalue weighted by molar-refractivity contribution is -0.121. The maximum atomic E-state index is 12.1. The van der Waals surface area contributed by atoms with Crippen molar-refractivity contribution in [2.45, 2.75) is 32.2 Å². The number of thiophene rings is 1. The van der Waals surface area contributed by atoms with Crippen LogP contribution in [0.15, 0.2) is 21.2 Å². The minimum absolute atomic E-state index is 0.0365. The van der Waals surface area contributed by atoms with Gasteiger partial charge >= 0.3 is 0 Å². The minimum atomic E-state index is -0.0365. The smallest absolute Gasteiger partial charge is 0.227 e. The molecule has 21 heavy (non-hydrogen) atoms. The van der Waals surface area contributed by atoms with Gasteiger partial charge in [0.05, 0.1) is 12.1 Å². The molecule has 6 heteroatoms. The average molecular weight is 305 g/mol. The van der Waals surface area contributed by atoms with Gasteiger partial charge in [0.15, 0.2) is 0 Å². The molecule has 0 aliphatic heterocycles. The highest BCUT2D eigenvalue weighted by Gasteiger charge is 2.31. The highest BCUT2D eigenvalue weighted by Crippen LogP contribution is 2.32. The van der Waals surface area contributed by atoms with Crippen LogP contribution in [0, 0.1) is 12.8 Å². The Labute approximate surface area is 127 Å². The molecular formula is C15H19N3O2S. The predicted molar refractivity (Wildman–Crippen MR) is 82.0 cm³/mol. The van der Waals surface area contributed by atoms with Gasteiger partial charge in [-0.15, -0.1) is 0 Å². The third-order valence-corrected chi connectivity index (χ3v) is 4.46. The molecule has 1 saturated carbocycles. The molecule has 1 atom stereocenters. The molecule has 1 fully saturated rings. The van der Waals surface area contributed by atoms with Gasteiger partial charge in [-0.2, -0.15) is 11.3 Å². The first-order chi connectivity index (χ1) is 10.2. The number of hydrogen-bond donors (Lipinski definition) is 2. The topological polar surface area (TPSA) is 81.2 Å². The van der Waals surface area contributed by atoms with Crippen molar-refractivity contribution in [2.24, 2.45) is 11.7 Å². The second kappa shape index (κ2) is 5.99. The lowest BCUT2D eigenvalue weighted by Gasteiger charge is -2.15. The molecular weight excluding hydrogens is 286 g/mol. The van der Waals surface area contributed by atoms with E-state index in [-0.39, 0.29) is 18.4 Å². The summed E-state index contributed by atoms with van der Waals surface area (Å²) in [5.74, 6) is 1.79. The quantitative estimate of drug-likeness (QED) is 0.856. The summed E-state index contributed by atoms with van der Waals surface area (Å²) < 4.78 is 5.64. The van der Waals surface area contributed by atoms with Gasteiger partial charge in [-0.1, -0.05) is 0 Å². The SMILES string of the molecule is Cc1oc(-c2ccsc2)nc1CC(=O)NC(CN)C1CC1. The van der Waals surface area contributed by atoms with Crippen molar-refractivity contribution in [3.8, 4) is 11.5 Å². The van der Waals surface area contributed by atoms with Crippen molar-refractivity contribution in [1.82, 2.24) is 10.3 Å². The molecule has 0 bridgehead atoms. The van der Waals surface area contributed by atoms with Crippen molar-refractivity contribution < 1.29 is 9.21 Å². The molecule has 0 radical (unpaired) electrons. The van der Waals surface area contributed by atoms with Crippen molar-refractivity contribution >= 4 is 17.2 Å². The molecule has 5 nitrogen and oxygen atoms in total. The van der Waals surface area contributed by atoms with E-state index in [1.165, 1.54) is 0 Å². The van der Waals surface area contributed by atoms with Gasteiger partial charge in [0, 0.05) is 23.5 Å². The number of amides is 1. The van der Waals surface area contributed by atoms with E-state index in [9.17, 15) is 4.79 Å². The second-order valence-corrected chi connectivity index (χ2v) is 6.24. The molecule has 0 aromatic carbocycles. The van der Waals surface area contributed by atoms with E-state index < -0.39 is 0 Å². The zero-order chi connectivity index (χ0) is 14.8. The number of aryl methyl sites for hydroxylation is 1. The van der Waals surface area contributed by atoms with Crippen molar-refractivity contribution in [3.05, 3.63) is 28.3 Å². The van der Waals surface area contributed by atoms with E-state index in [0.29, 0.717) is 29.8 Å². The Morgan fingerprint density at radius 3 is 3.05 bits per heavy atom. The molecule has 1 aliphatic rings. The Morgan fingerprint density at radius 2 is 2.43 bits per heavy atom. The van der Waals surface area contributed by atoms with Gasteiger partial charge in [-0.05, 0) is 37.1 Å². The van der Waals surface area contributed by atoms with E-state index in [2.05, 4.69) is 10.3 Å². The molecule has 1 amide bonds. The average Bonchev–Trinajstić information content (AvgIpc) is 3.03. The largest absolute Gasteiger partial charge is 0.441 e. The summed E-state index contributed by atoms with van der Waals surface area (Å²) >= 11 is 1.59. The van der Waals surface area contributed by atoms with Crippen LogP contribution in [0.2, 0.25) is 0 Å². The van der Waals surface area contributed by atoms with Crippen LogP contribution in [-0.4, -0.2) is 23.5 Å². The van der Waals surface area contributed by atoms with Crippen LogP contribution in [0.5, 0.6) is 0 Å². The van der Waals surface area contributed by atoms with Crippen molar-refractivity contribution in [1.29, 1.82) is 0 Å². The summed E-state index contributed by atoms with van der Waals surface area (Å²) in [6, 6.07) is 2.05. The van der Waals surface area contributed by atoms with Crippen LogP contribution in [0.1, 0.15) is 24.3 Å². The standard InChI is InChI=1S/C15H19N3O2S/c1-9-12(18-15(20-9)11-4-5-21-8-11)6-14(19)17-13(7-16)10-2-3-10/h4-5,8,10,13H,2-3,6-7,16H2,1H3,(H,17,19). The molecule has 2 aromatic heterocycles. The van der Waals surface area contributed by atoms with E-state index >= 15 is 0 Å². The number of nitrogens with one attached hydrogen (secondary N) is 1. The molecule has 1 aliphatic carbocycles. The highest BCUT2D eigenvalue weighted by molar-refractivity contribution is 7.08. The van der Waals surface area contributed by atoms with Crippen molar-refractivity contribution in [2.75, 3.05) is 6.54 Å². The van der Waals surface area contributed by atoms with Crippen LogP contribution in [0.3, 0.4) is 0 Å². The van der Waals surface area contributed by atoms with Crippen LogP contribution in [-0.2, 0) is 11.2 Å². The fourth-order valence-corrected chi connectivity index (χ4v) is 3.01. The molecule has 1 unspecified atom stereocenters. The second-order valence-electron chi connectivity index (χ2n) is 5.46. The fraction of sp³-hybridized carbons (Fsp3) is 0.467. The summed E-state index contributed by atoms with van der Waals surface area (Å²) in [6.07, 6.45) is 2.56. The number of rotatable bonds is 6. The predicted octanol–water partition coefficient (Wildman–Crippen LogP) is 2.11. The highest BCUT2D eigenvalue weighted by atomic mass is 32.1. The van der Waals surface area contributed by atoms with Crippen LogP contribution >= 0.6 is 11.3 Å². The minimum Gasteiger partial charge on any atom is -0.441 e. The monoisotopic (exact) mass is 305 g/mol. The summed E-state index contributed by atoms with van der Waals surface area (Å²) in [6.45, 7) is 2.33. The first kappa shape index (κ1) is 14.3. The van der Waals surface area contributed by atoms with Crippen LogP contribution in [0.25, 0.3) is 11.5 Å². The molecule has 2 aromatic rings. The lowest BCUT2D eigenvalue weighted by atomic mass is 10.1. The summed E-state index contributed by atoms with van der Waals surface area (Å²) in [5, 5.41) is 6.96. The van der Waals surface area contributed by atoms with Gasteiger partial charge in [-0.25, -0.2) is 4.98 Å².